The highest BCUT2D eigenvalue weighted by Gasteiger charge is 2.34. The van der Waals surface area contributed by atoms with E-state index in [1.165, 1.54) is 22.7 Å². The van der Waals surface area contributed by atoms with Gasteiger partial charge in [-0.1, -0.05) is 46.7 Å². The standard InChI is InChI=1S/C22H18Cl2N2O3S2/c1-11(2)29-21(28)18-12(3)25-22-26(19(18)16-8-5-9-30-16)20(27)17(31-22)10-13-14(23)6-4-7-15(13)24/h4-11,19H,1-3H3/b17-10+. The molecule has 2 aromatic heterocycles. The number of hydrogen-bond acceptors (Lipinski definition) is 6. The van der Waals surface area contributed by atoms with Gasteiger partial charge >= 0.3 is 5.97 Å². The Morgan fingerprint density at radius 3 is 2.55 bits per heavy atom. The summed E-state index contributed by atoms with van der Waals surface area (Å²) >= 11 is 15.3. The van der Waals surface area contributed by atoms with Crippen molar-refractivity contribution >= 4 is 57.9 Å². The molecule has 0 bridgehead atoms. The van der Waals surface area contributed by atoms with Crippen LogP contribution in [0.15, 0.2) is 56.8 Å². The summed E-state index contributed by atoms with van der Waals surface area (Å²) in [5.74, 6) is -0.474. The van der Waals surface area contributed by atoms with Gasteiger partial charge < -0.3 is 4.74 Å². The largest absolute Gasteiger partial charge is 0.459 e. The molecule has 1 atom stereocenters. The van der Waals surface area contributed by atoms with E-state index in [2.05, 4.69) is 4.99 Å². The highest BCUT2D eigenvalue weighted by Crippen LogP contribution is 2.33. The van der Waals surface area contributed by atoms with Gasteiger partial charge in [-0.15, -0.1) is 11.3 Å². The second-order valence-corrected chi connectivity index (χ2v) is 9.99. The van der Waals surface area contributed by atoms with Crippen molar-refractivity contribution in [2.75, 3.05) is 0 Å². The van der Waals surface area contributed by atoms with Crippen LogP contribution in [0, 0.1) is 0 Å². The molecule has 31 heavy (non-hydrogen) atoms. The Morgan fingerprint density at radius 1 is 1.23 bits per heavy atom. The van der Waals surface area contributed by atoms with E-state index in [-0.39, 0.29) is 11.7 Å². The van der Waals surface area contributed by atoms with Crippen LogP contribution >= 0.6 is 45.9 Å². The number of nitrogens with zero attached hydrogens (tertiary/aromatic N) is 2. The molecule has 160 valence electrons. The zero-order valence-corrected chi connectivity index (χ0v) is 20.0. The van der Waals surface area contributed by atoms with Gasteiger partial charge in [0.2, 0.25) is 0 Å². The third-order valence-corrected chi connectivity index (χ3v) is 7.24. The van der Waals surface area contributed by atoms with Crippen LogP contribution in [0.2, 0.25) is 10.0 Å². The van der Waals surface area contributed by atoms with Crippen LogP contribution in [-0.2, 0) is 9.53 Å². The van der Waals surface area contributed by atoms with Crippen LogP contribution < -0.4 is 14.9 Å². The predicted molar refractivity (Wildman–Crippen MR) is 126 cm³/mol. The molecule has 4 rings (SSSR count). The van der Waals surface area contributed by atoms with Gasteiger partial charge in [0.05, 0.1) is 21.9 Å². The zero-order chi connectivity index (χ0) is 22.3. The molecule has 0 spiro atoms. The minimum absolute atomic E-state index is 0.263. The summed E-state index contributed by atoms with van der Waals surface area (Å²) in [6, 6.07) is 8.37. The fourth-order valence-corrected chi connectivity index (χ4v) is 5.71. The van der Waals surface area contributed by atoms with Gasteiger partial charge in [0, 0.05) is 20.5 Å². The first kappa shape index (κ1) is 22.0. The first-order valence-electron chi connectivity index (χ1n) is 9.49. The third kappa shape index (κ3) is 4.15. The Bertz CT molecular complexity index is 1350. The van der Waals surface area contributed by atoms with Crippen LogP contribution in [0.3, 0.4) is 0 Å². The number of esters is 1. The van der Waals surface area contributed by atoms with Crippen molar-refractivity contribution in [1.82, 2.24) is 4.57 Å². The molecule has 9 heteroatoms. The number of thiophene rings is 1. The molecule has 0 fully saturated rings. The number of fused-ring (bicyclic) bond motifs is 1. The summed E-state index contributed by atoms with van der Waals surface area (Å²) in [7, 11) is 0. The number of ether oxygens (including phenoxy) is 1. The molecule has 0 amide bonds. The molecular weight excluding hydrogens is 475 g/mol. The van der Waals surface area contributed by atoms with Gasteiger partial charge in [-0.25, -0.2) is 9.79 Å². The molecule has 1 aliphatic rings. The zero-order valence-electron chi connectivity index (χ0n) is 16.9. The topological polar surface area (TPSA) is 60.7 Å². The molecular formula is C22H18Cl2N2O3S2. The van der Waals surface area contributed by atoms with E-state index in [0.29, 0.717) is 36.2 Å². The maximum Gasteiger partial charge on any atom is 0.338 e. The Morgan fingerprint density at radius 2 is 1.94 bits per heavy atom. The molecule has 0 saturated carbocycles. The lowest BCUT2D eigenvalue weighted by Gasteiger charge is -2.24. The lowest BCUT2D eigenvalue weighted by molar-refractivity contribution is -0.143. The summed E-state index contributed by atoms with van der Waals surface area (Å²) in [5.41, 5.74) is 1.21. The molecule has 1 aromatic carbocycles. The van der Waals surface area contributed by atoms with E-state index in [9.17, 15) is 9.59 Å². The number of carbonyl (C=O) groups excluding carboxylic acids is 1. The molecule has 0 aliphatic carbocycles. The van der Waals surface area contributed by atoms with Gasteiger partial charge in [0.1, 0.15) is 6.04 Å². The summed E-state index contributed by atoms with van der Waals surface area (Å²) in [5, 5.41) is 2.81. The molecule has 3 heterocycles. The smallest absolute Gasteiger partial charge is 0.338 e. The number of allylic oxidation sites excluding steroid dienone is 1. The van der Waals surface area contributed by atoms with Crippen molar-refractivity contribution in [3.8, 4) is 0 Å². The number of hydrogen-bond donors (Lipinski definition) is 0. The second-order valence-electron chi connectivity index (χ2n) is 7.19. The lowest BCUT2D eigenvalue weighted by Crippen LogP contribution is -2.39. The van der Waals surface area contributed by atoms with Crippen LogP contribution in [0.4, 0.5) is 0 Å². The summed E-state index contributed by atoms with van der Waals surface area (Å²) in [6.07, 6.45) is 1.38. The molecule has 0 N–H and O–H groups in total. The molecule has 3 aromatic rings. The van der Waals surface area contributed by atoms with E-state index in [1.807, 2.05) is 17.5 Å². The van der Waals surface area contributed by atoms with Crippen molar-refractivity contribution in [3.05, 3.63) is 87.2 Å². The Balaban J connectivity index is 1.96. The van der Waals surface area contributed by atoms with Crippen LogP contribution in [-0.4, -0.2) is 16.6 Å². The highest BCUT2D eigenvalue weighted by atomic mass is 35.5. The average Bonchev–Trinajstić information content (AvgIpc) is 3.32. The molecule has 1 aliphatic heterocycles. The first-order chi connectivity index (χ1) is 14.8. The second kappa shape index (κ2) is 8.74. The summed E-state index contributed by atoms with van der Waals surface area (Å²) < 4.78 is 7.45. The molecule has 0 saturated heterocycles. The highest BCUT2D eigenvalue weighted by molar-refractivity contribution is 7.10. The Labute approximate surface area is 196 Å². The quantitative estimate of drug-likeness (QED) is 0.501. The number of rotatable bonds is 4. The monoisotopic (exact) mass is 492 g/mol. The summed E-state index contributed by atoms with van der Waals surface area (Å²) in [4.78, 5) is 32.3. The van der Waals surface area contributed by atoms with Gasteiger partial charge in [-0.2, -0.15) is 0 Å². The van der Waals surface area contributed by atoms with Crippen LogP contribution in [0.25, 0.3) is 6.08 Å². The molecule has 1 unspecified atom stereocenters. The first-order valence-corrected chi connectivity index (χ1v) is 11.9. The van der Waals surface area contributed by atoms with Crippen LogP contribution in [0.5, 0.6) is 0 Å². The van der Waals surface area contributed by atoms with Gasteiger partial charge in [-0.05, 0) is 50.4 Å². The molecule has 5 nitrogen and oxygen atoms in total. The number of benzene rings is 1. The minimum Gasteiger partial charge on any atom is -0.459 e. The Hall–Kier alpha value is -2.19. The van der Waals surface area contributed by atoms with Gasteiger partial charge in [0.15, 0.2) is 4.80 Å². The summed E-state index contributed by atoms with van der Waals surface area (Å²) in [6.45, 7) is 5.34. The number of carbonyl (C=O) groups is 1. The molecule has 0 radical (unpaired) electrons. The number of halogens is 2. The van der Waals surface area contributed by atoms with Gasteiger partial charge in [-0.3, -0.25) is 9.36 Å². The average molecular weight is 493 g/mol. The van der Waals surface area contributed by atoms with Crippen molar-refractivity contribution in [1.29, 1.82) is 0 Å². The van der Waals surface area contributed by atoms with E-state index in [1.54, 1.807) is 49.6 Å². The predicted octanol–water partition coefficient (Wildman–Crippen LogP) is 4.56. The van der Waals surface area contributed by atoms with E-state index in [4.69, 9.17) is 27.9 Å². The van der Waals surface area contributed by atoms with Crippen molar-refractivity contribution < 1.29 is 9.53 Å². The number of aromatic nitrogens is 1. The lowest BCUT2D eigenvalue weighted by atomic mass is 10.0. The Kier molecular flexibility index (Phi) is 6.21. The fourth-order valence-electron chi connectivity index (χ4n) is 3.36. The van der Waals surface area contributed by atoms with Crippen molar-refractivity contribution in [2.24, 2.45) is 4.99 Å². The van der Waals surface area contributed by atoms with Gasteiger partial charge in [0.25, 0.3) is 5.56 Å². The SMILES string of the molecule is CC1=C(C(=O)OC(C)C)C(c2cccs2)n2c(s/c(=C/c3c(Cl)cccc3Cl)c2=O)=N1. The van der Waals surface area contributed by atoms with E-state index in [0.717, 1.165) is 4.88 Å². The fraction of sp³-hybridized carbons (Fsp3) is 0.227. The van der Waals surface area contributed by atoms with Crippen molar-refractivity contribution in [3.63, 3.8) is 0 Å². The van der Waals surface area contributed by atoms with Crippen molar-refractivity contribution in [2.45, 2.75) is 32.9 Å². The maximum absolute atomic E-state index is 13.5. The minimum atomic E-state index is -0.605. The van der Waals surface area contributed by atoms with E-state index >= 15 is 0 Å². The van der Waals surface area contributed by atoms with Crippen LogP contribution in [0.1, 0.15) is 37.3 Å². The maximum atomic E-state index is 13.5. The van der Waals surface area contributed by atoms with E-state index < -0.39 is 12.0 Å². The third-order valence-electron chi connectivity index (χ3n) is 4.67. The number of thiazole rings is 1. The normalized spacial score (nSPS) is 16.5.